The molecule has 0 saturated carbocycles. The smallest absolute Gasteiger partial charge is 0.0173 e. The highest BCUT2D eigenvalue weighted by atomic mass is 32.2. The molecule has 0 bridgehead atoms. The number of hydrogen-bond donors (Lipinski definition) is 2. The van der Waals surface area contributed by atoms with E-state index in [4.69, 9.17) is 5.73 Å². The molecule has 3 heteroatoms. The summed E-state index contributed by atoms with van der Waals surface area (Å²) in [6, 6.07) is 0. The second-order valence-corrected chi connectivity index (χ2v) is 4.04. The summed E-state index contributed by atoms with van der Waals surface area (Å²) in [5.74, 6) is 1.27. The molecule has 1 aliphatic rings. The quantitative estimate of drug-likeness (QED) is 0.629. The number of rotatable bonds is 3. The first-order valence-electron chi connectivity index (χ1n) is 3.96. The zero-order chi connectivity index (χ0) is 7.23. The molecule has 1 saturated heterocycles. The number of nitrogens with two attached hydrogens (primary N) is 1. The molecule has 1 unspecified atom stereocenters. The van der Waals surface area contributed by atoms with Crippen LogP contribution in [0.15, 0.2) is 0 Å². The molecule has 0 spiro atoms. The highest BCUT2D eigenvalue weighted by Gasteiger charge is 2.11. The minimum absolute atomic E-state index is 0.831. The molecule has 0 aliphatic carbocycles. The predicted molar refractivity (Wildman–Crippen MR) is 47.4 cm³/mol. The molecule has 1 rings (SSSR count). The highest BCUT2D eigenvalue weighted by molar-refractivity contribution is 8.00. The van der Waals surface area contributed by atoms with Gasteiger partial charge >= 0.3 is 0 Å². The fourth-order valence-electron chi connectivity index (χ4n) is 1.15. The van der Waals surface area contributed by atoms with Crippen LogP contribution in [0.4, 0.5) is 0 Å². The van der Waals surface area contributed by atoms with Crippen LogP contribution in [0.25, 0.3) is 0 Å². The highest BCUT2D eigenvalue weighted by Crippen LogP contribution is 2.17. The van der Waals surface area contributed by atoms with Gasteiger partial charge in [0.25, 0.3) is 0 Å². The minimum atomic E-state index is 0.831. The topological polar surface area (TPSA) is 38.0 Å². The van der Waals surface area contributed by atoms with Crippen LogP contribution in [-0.4, -0.2) is 30.6 Å². The lowest BCUT2D eigenvalue weighted by Gasteiger charge is -2.21. The Hall–Kier alpha value is 0.270. The van der Waals surface area contributed by atoms with Crippen LogP contribution >= 0.6 is 11.8 Å². The molecular formula is C7H16N2S. The maximum atomic E-state index is 5.42. The average Bonchev–Trinajstić information content (AvgIpc) is 2.03. The molecule has 0 amide bonds. The first-order valence-corrected chi connectivity index (χ1v) is 5.00. The summed E-state index contributed by atoms with van der Waals surface area (Å²) in [6.07, 6.45) is 2.47. The Bertz CT molecular complexity index is 81.7. The van der Waals surface area contributed by atoms with Gasteiger partial charge in [0, 0.05) is 24.1 Å². The third-order valence-corrected chi connectivity index (χ3v) is 3.05. The van der Waals surface area contributed by atoms with Gasteiger partial charge < -0.3 is 11.1 Å². The van der Waals surface area contributed by atoms with Gasteiger partial charge in [-0.1, -0.05) is 0 Å². The van der Waals surface area contributed by atoms with E-state index in [0.717, 1.165) is 11.8 Å². The second-order valence-electron chi connectivity index (χ2n) is 2.63. The van der Waals surface area contributed by atoms with E-state index >= 15 is 0 Å². The van der Waals surface area contributed by atoms with Crippen molar-refractivity contribution in [3.63, 3.8) is 0 Å². The molecule has 1 atom stereocenters. The number of thioether (sulfide) groups is 1. The molecule has 0 radical (unpaired) electrons. The standard InChI is InChI=1S/C7H16N2S/c8-3-1-2-7-6-9-4-5-10-7/h7,9H,1-6,8H2. The Morgan fingerprint density at radius 3 is 3.10 bits per heavy atom. The van der Waals surface area contributed by atoms with Crippen molar-refractivity contribution in [2.75, 3.05) is 25.4 Å². The summed E-state index contributed by atoms with van der Waals surface area (Å²) >= 11 is 2.09. The van der Waals surface area contributed by atoms with Crippen LogP contribution in [0.2, 0.25) is 0 Å². The molecule has 0 aromatic heterocycles. The third kappa shape index (κ3) is 2.90. The van der Waals surface area contributed by atoms with E-state index in [9.17, 15) is 0 Å². The van der Waals surface area contributed by atoms with Crippen LogP contribution in [-0.2, 0) is 0 Å². The molecule has 1 heterocycles. The van der Waals surface area contributed by atoms with Crippen molar-refractivity contribution < 1.29 is 0 Å². The van der Waals surface area contributed by atoms with Crippen molar-refractivity contribution in [1.82, 2.24) is 5.32 Å². The monoisotopic (exact) mass is 160 g/mol. The van der Waals surface area contributed by atoms with Gasteiger partial charge in [0.2, 0.25) is 0 Å². The Morgan fingerprint density at radius 1 is 1.60 bits per heavy atom. The van der Waals surface area contributed by atoms with Gasteiger partial charge in [0.1, 0.15) is 0 Å². The first-order chi connectivity index (χ1) is 4.93. The zero-order valence-corrected chi connectivity index (χ0v) is 7.12. The third-order valence-electron chi connectivity index (χ3n) is 1.73. The Labute approximate surface area is 66.9 Å². The van der Waals surface area contributed by atoms with E-state index in [1.807, 2.05) is 0 Å². The van der Waals surface area contributed by atoms with Crippen LogP contribution in [0, 0.1) is 0 Å². The van der Waals surface area contributed by atoms with E-state index < -0.39 is 0 Å². The predicted octanol–water partition coefficient (Wildman–Crippen LogP) is 0.430. The van der Waals surface area contributed by atoms with Crippen LogP contribution in [0.3, 0.4) is 0 Å². The lowest BCUT2D eigenvalue weighted by molar-refractivity contribution is 0.619. The van der Waals surface area contributed by atoms with Crippen molar-refractivity contribution in [2.24, 2.45) is 5.73 Å². The molecule has 10 heavy (non-hydrogen) atoms. The Kier molecular flexibility index (Phi) is 4.18. The maximum absolute atomic E-state index is 5.42. The van der Waals surface area contributed by atoms with Gasteiger partial charge in [-0.2, -0.15) is 11.8 Å². The molecule has 1 aliphatic heterocycles. The second kappa shape index (κ2) is 4.99. The van der Waals surface area contributed by atoms with Crippen molar-refractivity contribution in [1.29, 1.82) is 0 Å². The van der Waals surface area contributed by atoms with E-state index in [0.29, 0.717) is 0 Å². The van der Waals surface area contributed by atoms with Gasteiger partial charge in [-0.3, -0.25) is 0 Å². The van der Waals surface area contributed by atoms with E-state index in [2.05, 4.69) is 17.1 Å². The minimum Gasteiger partial charge on any atom is -0.330 e. The van der Waals surface area contributed by atoms with Gasteiger partial charge in [-0.25, -0.2) is 0 Å². The average molecular weight is 160 g/mol. The summed E-state index contributed by atoms with van der Waals surface area (Å²) in [7, 11) is 0. The number of nitrogens with one attached hydrogen (secondary N) is 1. The molecule has 2 nitrogen and oxygen atoms in total. The van der Waals surface area contributed by atoms with Crippen molar-refractivity contribution in [2.45, 2.75) is 18.1 Å². The molecule has 0 aromatic rings. The zero-order valence-electron chi connectivity index (χ0n) is 6.31. The lowest BCUT2D eigenvalue weighted by Crippen LogP contribution is -2.32. The fourth-order valence-corrected chi connectivity index (χ4v) is 2.32. The summed E-state index contributed by atoms with van der Waals surface area (Å²) < 4.78 is 0. The van der Waals surface area contributed by atoms with Gasteiger partial charge in [-0.15, -0.1) is 0 Å². The molecule has 0 aromatic carbocycles. The van der Waals surface area contributed by atoms with Crippen LogP contribution < -0.4 is 11.1 Å². The summed E-state index contributed by atoms with van der Waals surface area (Å²) in [5.41, 5.74) is 5.42. The first kappa shape index (κ1) is 8.37. The Morgan fingerprint density at radius 2 is 2.50 bits per heavy atom. The summed E-state index contributed by atoms with van der Waals surface area (Å²) in [6.45, 7) is 3.21. The van der Waals surface area contributed by atoms with Gasteiger partial charge in [-0.05, 0) is 19.4 Å². The Balaban J connectivity index is 2.02. The van der Waals surface area contributed by atoms with Crippen molar-refractivity contribution in [3.05, 3.63) is 0 Å². The van der Waals surface area contributed by atoms with Crippen molar-refractivity contribution in [3.8, 4) is 0 Å². The molecular weight excluding hydrogens is 144 g/mol. The lowest BCUT2D eigenvalue weighted by atomic mass is 10.2. The van der Waals surface area contributed by atoms with Gasteiger partial charge in [0.15, 0.2) is 0 Å². The normalized spacial score (nSPS) is 26.7. The van der Waals surface area contributed by atoms with Gasteiger partial charge in [0.05, 0.1) is 0 Å². The SMILES string of the molecule is NCCCC1CNCCS1. The van der Waals surface area contributed by atoms with E-state index in [1.165, 1.54) is 31.7 Å². The largest absolute Gasteiger partial charge is 0.330 e. The summed E-state index contributed by atoms with van der Waals surface area (Å²) in [4.78, 5) is 0. The summed E-state index contributed by atoms with van der Waals surface area (Å²) in [5, 5.41) is 4.21. The molecule has 1 fully saturated rings. The fraction of sp³-hybridized carbons (Fsp3) is 1.00. The molecule has 60 valence electrons. The van der Waals surface area contributed by atoms with E-state index in [1.54, 1.807) is 0 Å². The molecule has 3 N–H and O–H groups in total. The number of hydrogen-bond acceptors (Lipinski definition) is 3. The van der Waals surface area contributed by atoms with Crippen molar-refractivity contribution >= 4 is 11.8 Å². The van der Waals surface area contributed by atoms with Crippen LogP contribution in [0.5, 0.6) is 0 Å². The van der Waals surface area contributed by atoms with E-state index in [-0.39, 0.29) is 0 Å². The van der Waals surface area contributed by atoms with Crippen LogP contribution in [0.1, 0.15) is 12.8 Å². The maximum Gasteiger partial charge on any atom is 0.0173 e.